The van der Waals surface area contributed by atoms with Gasteiger partial charge in [0.2, 0.25) is 0 Å². The van der Waals surface area contributed by atoms with Gasteiger partial charge in [0.25, 0.3) is 0 Å². The molecule has 0 aliphatic rings. The summed E-state index contributed by atoms with van der Waals surface area (Å²) in [4.78, 5) is 3.78. The van der Waals surface area contributed by atoms with Crippen molar-refractivity contribution in [1.82, 2.24) is 4.98 Å². The van der Waals surface area contributed by atoms with Crippen LogP contribution in [-0.4, -0.2) is 42.7 Å². The van der Waals surface area contributed by atoms with Crippen LogP contribution in [0, 0.1) is 0 Å². The minimum absolute atomic E-state index is 0. The molecule has 0 saturated carbocycles. The standard InChI is InChI=1S/C5H5N.2Li.2H/c1-2-4-6-5-3-1;;;;/h1-5H;;;;. The summed E-state index contributed by atoms with van der Waals surface area (Å²) in [5.41, 5.74) is 0. The van der Waals surface area contributed by atoms with Gasteiger partial charge >= 0.3 is 37.7 Å². The predicted octanol–water partition coefficient (Wildman–Crippen LogP) is -0.215. The summed E-state index contributed by atoms with van der Waals surface area (Å²) in [6, 6.07) is 5.72. The summed E-state index contributed by atoms with van der Waals surface area (Å²) in [5, 5.41) is 0. The van der Waals surface area contributed by atoms with E-state index in [0.717, 1.165) is 0 Å². The van der Waals surface area contributed by atoms with Gasteiger partial charge in [0.05, 0.1) is 0 Å². The molecular weight excluding hydrogens is 87.9 g/mol. The molecule has 0 spiro atoms. The van der Waals surface area contributed by atoms with Crippen LogP contribution in [0.3, 0.4) is 0 Å². The Morgan fingerprint density at radius 3 is 1.38 bits per heavy atom. The van der Waals surface area contributed by atoms with E-state index in [0.29, 0.717) is 0 Å². The van der Waals surface area contributed by atoms with Crippen molar-refractivity contribution >= 4 is 37.7 Å². The number of rotatable bonds is 0. The van der Waals surface area contributed by atoms with Crippen LogP contribution in [0.15, 0.2) is 30.6 Å². The van der Waals surface area contributed by atoms with Crippen LogP contribution in [0.1, 0.15) is 0 Å². The number of nitrogens with zero attached hydrogens (tertiary/aromatic N) is 1. The second-order valence-corrected chi connectivity index (χ2v) is 1.02. The van der Waals surface area contributed by atoms with Gasteiger partial charge in [-0.3, -0.25) is 4.98 Å². The minimum atomic E-state index is 0. The third-order valence-electron chi connectivity index (χ3n) is 0.566. The summed E-state index contributed by atoms with van der Waals surface area (Å²) in [6.07, 6.45) is 3.50. The third-order valence-corrected chi connectivity index (χ3v) is 0.566. The molecule has 1 heterocycles. The maximum absolute atomic E-state index is 3.78. The monoisotopic (exact) mass is 95.1 g/mol. The topological polar surface area (TPSA) is 12.9 Å². The summed E-state index contributed by atoms with van der Waals surface area (Å²) in [5.74, 6) is 0. The van der Waals surface area contributed by atoms with E-state index >= 15 is 0 Å². The SMILES string of the molecule is [LiH].[LiH].c1ccncc1. The zero-order chi connectivity index (χ0) is 4.24. The molecule has 0 aromatic carbocycles. The molecule has 0 N–H and O–H groups in total. The van der Waals surface area contributed by atoms with Gasteiger partial charge in [0.1, 0.15) is 0 Å². The first kappa shape index (κ1) is 11.2. The molecule has 1 nitrogen and oxygen atoms in total. The van der Waals surface area contributed by atoms with E-state index in [1.165, 1.54) is 0 Å². The maximum atomic E-state index is 3.78. The molecule has 0 unspecified atom stereocenters. The number of hydrogen-bond donors (Lipinski definition) is 0. The second kappa shape index (κ2) is 7.34. The molecule has 3 heteroatoms. The molecule has 0 amide bonds. The van der Waals surface area contributed by atoms with Gasteiger partial charge in [-0.25, -0.2) is 0 Å². The Bertz CT molecular complexity index is 82.4. The van der Waals surface area contributed by atoms with Crippen LogP contribution >= 0.6 is 0 Å². The molecule has 0 saturated heterocycles. The molecule has 1 aromatic rings. The third kappa shape index (κ3) is 4.50. The van der Waals surface area contributed by atoms with Gasteiger partial charge in [0.15, 0.2) is 0 Å². The smallest absolute Gasteiger partial charge is 0.0267 e. The molecule has 0 radical (unpaired) electrons. The molecule has 0 bridgehead atoms. The summed E-state index contributed by atoms with van der Waals surface area (Å²) >= 11 is 0. The fourth-order valence-electron chi connectivity index (χ4n) is 0.313. The molecule has 34 valence electrons. The van der Waals surface area contributed by atoms with Crippen molar-refractivity contribution in [3.05, 3.63) is 30.6 Å². The van der Waals surface area contributed by atoms with Crippen LogP contribution in [0.25, 0.3) is 0 Å². The van der Waals surface area contributed by atoms with Crippen LogP contribution in [0.5, 0.6) is 0 Å². The van der Waals surface area contributed by atoms with Crippen molar-refractivity contribution in [2.45, 2.75) is 0 Å². The van der Waals surface area contributed by atoms with Crippen LogP contribution in [0.2, 0.25) is 0 Å². The van der Waals surface area contributed by atoms with E-state index in [2.05, 4.69) is 4.98 Å². The van der Waals surface area contributed by atoms with Crippen molar-refractivity contribution in [2.75, 3.05) is 0 Å². The Morgan fingerprint density at radius 2 is 1.25 bits per heavy atom. The Kier molecular flexibility index (Phi) is 10.3. The number of hydrogen-bond acceptors (Lipinski definition) is 1. The summed E-state index contributed by atoms with van der Waals surface area (Å²) < 4.78 is 0. The zero-order valence-corrected chi connectivity index (χ0v) is 3.33. The Morgan fingerprint density at radius 1 is 0.750 bits per heavy atom. The van der Waals surface area contributed by atoms with Crippen LogP contribution < -0.4 is 0 Å². The van der Waals surface area contributed by atoms with Gasteiger partial charge < -0.3 is 0 Å². The van der Waals surface area contributed by atoms with Crippen LogP contribution in [-0.2, 0) is 0 Å². The first-order chi connectivity index (χ1) is 3.00. The van der Waals surface area contributed by atoms with E-state index in [4.69, 9.17) is 0 Å². The van der Waals surface area contributed by atoms with Crippen LogP contribution in [0.4, 0.5) is 0 Å². The molecule has 0 atom stereocenters. The normalized spacial score (nSPS) is 6.00. The Balaban J connectivity index is 0. The molecular formula is C5H7Li2N. The van der Waals surface area contributed by atoms with Crippen molar-refractivity contribution < 1.29 is 0 Å². The van der Waals surface area contributed by atoms with Crippen molar-refractivity contribution in [3.8, 4) is 0 Å². The average molecular weight is 95.0 g/mol. The maximum Gasteiger partial charge on any atom is 0.0267 e. The molecule has 1 rings (SSSR count). The average Bonchev–Trinajstić information content (AvgIpc) is 1.72. The van der Waals surface area contributed by atoms with E-state index < -0.39 is 0 Å². The summed E-state index contributed by atoms with van der Waals surface area (Å²) in [7, 11) is 0. The van der Waals surface area contributed by atoms with Gasteiger partial charge in [-0.15, -0.1) is 0 Å². The number of pyridine rings is 1. The Hall–Kier alpha value is 0.345. The molecule has 0 aliphatic heterocycles. The molecule has 0 fully saturated rings. The first-order valence-corrected chi connectivity index (χ1v) is 1.85. The first-order valence-electron chi connectivity index (χ1n) is 1.85. The van der Waals surface area contributed by atoms with Gasteiger partial charge in [0, 0.05) is 12.4 Å². The molecule has 8 heavy (non-hydrogen) atoms. The van der Waals surface area contributed by atoms with Gasteiger partial charge in [-0.05, 0) is 12.1 Å². The van der Waals surface area contributed by atoms with E-state index in [9.17, 15) is 0 Å². The Labute approximate surface area is 73.2 Å². The number of aromatic nitrogens is 1. The fourth-order valence-corrected chi connectivity index (χ4v) is 0.313. The van der Waals surface area contributed by atoms with E-state index in [1.54, 1.807) is 12.4 Å². The van der Waals surface area contributed by atoms with Crippen molar-refractivity contribution in [2.24, 2.45) is 0 Å². The van der Waals surface area contributed by atoms with Crippen molar-refractivity contribution in [3.63, 3.8) is 0 Å². The quantitative estimate of drug-likeness (QED) is 0.406. The summed E-state index contributed by atoms with van der Waals surface area (Å²) in [6.45, 7) is 0. The fraction of sp³-hybridized carbons (Fsp3) is 0. The largest absolute Gasteiger partial charge is 0.265 e. The molecule has 1 aromatic heterocycles. The van der Waals surface area contributed by atoms with Gasteiger partial charge in [-0.1, -0.05) is 6.07 Å². The van der Waals surface area contributed by atoms with Crippen molar-refractivity contribution in [1.29, 1.82) is 0 Å². The minimum Gasteiger partial charge on any atom is -0.265 e. The zero-order valence-electron chi connectivity index (χ0n) is 3.33. The van der Waals surface area contributed by atoms with E-state index in [-0.39, 0.29) is 37.7 Å². The predicted molar refractivity (Wildman–Crippen MR) is 38.5 cm³/mol. The molecule has 0 aliphatic carbocycles. The van der Waals surface area contributed by atoms with E-state index in [1.807, 2.05) is 18.2 Å². The second-order valence-electron chi connectivity index (χ2n) is 1.02. The van der Waals surface area contributed by atoms with Gasteiger partial charge in [-0.2, -0.15) is 0 Å².